The summed E-state index contributed by atoms with van der Waals surface area (Å²) >= 11 is 5.73. The molecule has 0 amide bonds. The van der Waals surface area contributed by atoms with E-state index < -0.39 is 10.0 Å². The second-order valence-electron chi connectivity index (χ2n) is 4.37. The third kappa shape index (κ3) is 3.96. The van der Waals surface area contributed by atoms with Crippen LogP contribution < -0.4 is 10.6 Å². The number of nitrogens with one attached hydrogen (secondary N) is 1. The SMILES string of the molecule is C/C(=N/NS(=O)(=O)c1ccc(Cl)cc1)c1ccc(N)cc1. The largest absolute Gasteiger partial charge is 0.399 e. The Morgan fingerprint density at radius 3 is 2.24 bits per heavy atom. The van der Waals surface area contributed by atoms with Crippen molar-refractivity contribution in [2.24, 2.45) is 5.10 Å². The van der Waals surface area contributed by atoms with Crippen molar-refractivity contribution >= 4 is 33.0 Å². The number of hydrazone groups is 1. The zero-order valence-electron chi connectivity index (χ0n) is 11.2. The molecule has 0 atom stereocenters. The number of hydrogen-bond acceptors (Lipinski definition) is 4. The van der Waals surface area contributed by atoms with Gasteiger partial charge in [-0.15, -0.1) is 0 Å². The Balaban J connectivity index is 2.18. The van der Waals surface area contributed by atoms with Gasteiger partial charge in [-0.2, -0.15) is 18.4 Å². The summed E-state index contributed by atoms with van der Waals surface area (Å²) in [6.45, 7) is 1.70. The molecule has 0 aromatic heterocycles. The second-order valence-corrected chi connectivity index (χ2v) is 6.47. The highest BCUT2D eigenvalue weighted by Gasteiger charge is 2.12. The van der Waals surface area contributed by atoms with E-state index in [9.17, 15) is 8.42 Å². The van der Waals surface area contributed by atoms with Crippen LogP contribution in [0.25, 0.3) is 0 Å². The van der Waals surface area contributed by atoms with E-state index in [0.717, 1.165) is 5.56 Å². The maximum Gasteiger partial charge on any atom is 0.276 e. The van der Waals surface area contributed by atoms with E-state index in [1.54, 1.807) is 31.2 Å². The minimum Gasteiger partial charge on any atom is -0.399 e. The molecule has 0 radical (unpaired) electrons. The summed E-state index contributed by atoms with van der Waals surface area (Å²) in [6.07, 6.45) is 0. The van der Waals surface area contributed by atoms with Gasteiger partial charge in [-0.25, -0.2) is 0 Å². The summed E-state index contributed by atoms with van der Waals surface area (Å²) in [7, 11) is -3.71. The molecule has 0 heterocycles. The lowest BCUT2D eigenvalue weighted by Crippen LogP contribution is -2.19. The average molecular weight is 324 g/mol. The van der Waals surface area contributed by atoms with E-state index in [4.69, 9.17) is 17.3 Å². The zero-order chi connectivity index (χ0) is 15.5. The average Bonchev–Trinajstić information content (AvgIpc) is 2.46. The van der Waals surface area contributed by atoms with Gasteiger partial charge in [-0.05, 0) is 48.9 Å². The van der Waals surface area contributed by atoms with Crippen molar-refractivity contribution in [2.75, 3.05) is 5.73 Å². The predicted molar refractivity (Wildman–Crippen MR) is 84.8 cm³/mol. The van der Waals surface area contributed by atoms with Crippen LogP contribution in [0, 0.1) is 0 Å². The standard InChI is InChI=1S/C14H14ClN3O2S/c1-10(11-2-6-13(16)7-3-11)17-18-21(19,20)14-8-4-12(15)5-9-14/h2-9,18H,16H2,1H3/b17-10-. The number of rotatable bonds is 4. The lowest BCUT2D eigenvalue weighted by atomic mass is 10.1. The van der Waals surface area contributed by atoms with Crippen LogP contribution in [0.3, 0.4) is 0 Å². The molecule has 5 nitrogen and oxygen atoms in total. The molecule has 0 aliphatic heterocycles. The fraction of sp³-hybridized carbons (Fsp3) is 0.0714. The fourth-order valence-corrected chi connectivity index (χ4v) is 2.57. The molecule has 0 spiro atoms. The molecule has 0 saturated carbocycles. The van der Waals surface area contributed by atoms with Crippen molar-refractivity contribution in [3.05, 3.63) is 59.1 Å². The molecule has 3 N–H and O–H groups in total. The van der Waals surface area contributed by atoms with Gasteiger partial charge >= 0.3 is 0 Å². The van der Waals surface area contributed by atoms with E-state index in [-0.39, 0.29) is 4.90 Å². The van der Waals surface area contributed by atoms with Crippen LogP contribution >= 0.6 is 11.6 Å². The first kappa shape index (κ1) is 15.3. The highest BCUT2D eigenvalue weighted by atomic mass is 35.5. The molecule has 0 bridgehead atoms. The normalized spacial score (nSPS) is 12.2. The third-order valence-corrected chi connectivity index (χ3v) is 4.26. The lowest BCUT2D eigenvalue weighted by molar-refractivity contribution is 0.584. The molecule has 2 rings (SSSR count). The summed E-state index contributed by atoms with van der Waals surface area (Å²) in [5, 5.41) is 4.37. The number of nitrogens with zero attached hydrogens (tertiary/aromatic N) is 1. The van der Waals surface area contributed by atoms with E-state index >= 15 is 0 Å². The Hall–Kier alpha value is -2.05. The number of anilines is 1. The molecule has 0 saturated heterocycles. The van der Waals surface area contributed by atoms with Crippen molar-refractivity contribution in [3.8, 4) is 0 Å². The van der Waals surface area contributed by atoms with Crippen molar-refractivity contribution in [1.29, 1.82) is 0 Å². The number of nitrogen functional groups attached to an aromatic ring is 1. The van der Waals surface area contributed by atoms with Gasteiger partial charge in [0.1, 0.15) is 0 Å². The first-order valence-electron chi connectivity index (χ1n) is 6.06. The molecule has 2 aromatic carbocycles. The highest BCUT2D eigenvalue weighted by molar-refractivity contribution is 7.89. The fourth-order valence-electron chi connectivity index (χ4n) is 1.58. The van der Waals surface area contributed by atoms with Gasteiger partial charge in [-0.1, -0.05) is 23.7 Å². The Morgan fingerprint density at radius 2 is 1.67 bits per heavy atom. The number of benzene rings is 2. The monoisotopic (exact) mass is 323 g/mol. The quantitative estimate of drug-likeness (QED) is 0.515. The molecule has 0 unspecified atom stereocenters. The molecule has 7 heteroatoms. The van der Waals surface area contributed by atoms with Gasteiger partial charge in [-0.3, -0.25) is 0 Å². The lowest BCUT2D eigenvalue weighted by Gasteiger charge is -2.05. The summed E-state index contributed by atoms with van der Waals surface area (Å²) in [5.74, 6) is 0. The number of hydrogen-bond donors (Lipinski definition) is 2. The van der Waals surface area contributed by atoms with Crippen molar-refractivity contribution in [3.63, 3.8) is 0 Å². The molecule has 0 aliphatic carbocycles. The summed E-state index contributed by atoms with van der Waals surface area (Å²) in [6, 6.07) is 12.8. The van der Waals surface area contributed by atoms with Crippen molar-refractivity contribution in [2.45, 2.75) is 11.8 Å². The topological polar surface area (TPSA) is 84.5 Å². The number of halogens is 1. The molecule has 21 heavy (non-hydrogen) atoms. The second kappa shape index (κ2) is 6.15. The van der Waals surface area contributed by atoms with Gasteiger partial charge in [0.15, 0.2) is 0 Å². The Kier molecular flexibility index (Phi) is 4.50. The van der Waals surface area contributed by atoms with Crippen LogP contribution in [0.15, 0.2) is 58.5 Å². The molecular formula is C14H14ClN3O2S. The van der Waals surface area contributed by atoms with Crippen molar-refractivity contribution < 1.29 is 8.42 Å². The van der Waals surface area contributed by atoms with Crippen LogP contribution in [0.2, 0.25) is 5.02 Å². The summed E-state index contributed by atoms with van der Waals surface area (Å²) in [4.78, 5) is 2.29. The summed E-state index contributed by atoms with van der Waals surface area (Å²) in [5.41, 5.74) is 7.54. The molecular weight excluding hydrogens is 310 g/mol. The molecule has 0 fully saturated rings. The van der Waals surface area contributed by atoms with Crippen LogP contribution in [0.5, 0.6) is 0 Å². The molecule has 2 aromatic rings. The number of nitrogens with two attached hydrogens (primary N) is 1. The first-order valence-corrected chi connectivity index (χ1v) is 7.92. The minimum atomic E-state index is -3.71. The Labute approximate surface area is 128 Å². The van der Waals surface area contributed by atoms with Crippen LogP contribution in [-0.4, -0.2) is 14.1 Å². The number of sulfonamides is 1. The van der Waals surface area contributed by atoms with Gasteiger partial charge < -0.3 is 5.73 Å². The first-order chi connectivity index (χ1) is 9.88. The van der Waals surface area contributed by atoms with Gasteiger partial charge in [0.05, 0.1) is 10.6 Å². The molecule has 0 aliphatic rings. The predicted octanol–water partition coefficient (Wildman–Crippen LogP) is 2.62. The van der Waals surface area contributed by atoms with Crippen molar-refractivity contribution in [1.82, 2.24) is 4.83 Å². The van der Waals surface area contributed by atoms with E-state index in [0.29, 0.717) is 16.4 Å². The van der Waals surface area contributed by atoms with E-state index in [1.807, 2.05) is 0 Å². The molecule has 110 valence electrons. The van der Waals surface area contributed by atoms with Gasteiger partial charge in [0.2, 0.25) is 0 Å². The van der Waals surface area contributed by atoms with Crippen LogP contribution in [0.4, 0.5) is 5.69 Å². The van der Waals surface area contributed by atoms with E-state index in [1.165, 1.54) is 24.3 Å². The Bertz CT molecular complexity index is 754. The van der Waals surface area contributed by atoms with Gasteiger partial charge in [0.25, 0.3) is 10.0 Å². The van der Waals surface area contributed by atoms with Gasteiger partial charge in [0, 0.05) is 10.7 Å². The minimum absolute atomic E-state index is 0.0979. The zero-order valence-corrected chi connectivity index (χ0v) is 12.8. The highest BCUT2D eigenvalue weighted by Crippen LogP contribution is 2.14. The van der Waals surface area contributed by atoms with Crippen LogP contribution in [0.1, 0.15) is 12.5 Å². The Morgan fingerprint density at radius 1 is 1.10 bits per heavy atom. The maximum absolute atomic E-state index is 12.1. The smallest absolute Gasteiger partial charge is 0.276 e. The third-order valence-electron chi connectivity index (χ3n) is 2.79. The van der Waals surface area contributed by atoms with E-state index in [2.05, 4.69) is 9.93 Å². The van der Waals surface area contributed by atoms with Crippen LogP contribution in [-0.2, 0) is 10.0 Å². The maximum atomic E-state index is 12.1. The summed E-state index contributed by atoms with van der Waals surface area (Å²) < 4.78 is 24.1.